The number of anilines is 1. The smallest absolute Gasteiger partial charge is 0.432 e. The zero-order chi connectivity index (χ0) is 31.5. The maximum absolute atomic E-state index is 13.5. The number of carbonyl (C=O) groups is 1. The SMILES string of the molecule is CCCCCCCCCCCCS(=S)CCOP(=O)(CO[C@H](C)Cn1cnc2c(N)ncnc21)OCOC(=O)OC(C)C. The van der Waals surface area contributed by atoms with Gasteiger partial charge < -0.3 is 29.0 Å². The predicted octanol–water partition coefficient (Wildman–Crippen LogP) is 6.52. The van der Waals surface area contributed by atoms with E-state index in [1.165, 1.54) is 64.1 Å². The second-order valence-electron chi connectivity index (χ2n) is 10.7. The standard InChI is InChI=1S/C28H50N5O7PS2/c1-5-6-7-8-9-10-11-12-13-14-16-43(42)17-15-38-41(35,39-21-36-28(34)40-23(2)3)22-37-24(4)18-33-20-32-25-26(29)30-19-31-27(25)33/h19-20,23-24H,5-18,21-22H2,1-4H3,(H2,29,30,31)/t24-,41?,43?/m1/s1. The highest BCUT2D eigenvalue weighted by Gasteiger charge is 2.28. The monoisotopic (exact) mass is 663 g/mol. The minimum atomic E-state index is -3.79. The van der Waals surface area contributed by atoms with Crippen LogP contribution in [0.1, 0.15) is 91.9 Å². The second-order valence-corrected chi connectivity index (χ2v) is 15.8. The van der Waals surface area contributed by atoms with Crippen molar-refractivity contribution >= 4 is 51.4 Å². The minimum absolute atomic E-state index is 0.151. The molecule has 2 heterocycles. The van der Waals surface area contributed by atoms with Crippen molar-refractivity contribution in [3.05, 3.63) is 12.7 Å². The van der Waals surface area contributed by atoms with Crippen molar-refractivity contribution in [2.45, 2.75) is 111 Å². The Bertz CT molecular complexity index is 1150. The lowest BCUT2D eigenvalue weighted by Gasteiger charge is -2.21. The van der Waals surface area contributed by atoms with Crippen molar-refractivity contribution < 1.29 is 32.6 Å². The van der Waals surface area contributed by atoms with E-state index in [0.29, 0.717) is 23.5 Å². The van der Waals surface area contributed by atoms with Crippen LogP contribution in [-0.2, 0) is 55.0 Å². The third-order valence-corrected chi connectivity index (χ3v) is 10.4. The molecule has 2 aromatic heterocycles. The number of unbranched alkanes of at least 4 members (excludes halogenated alkanes) is 9. The maximum Gasteiger partial charge on any atom is 0.510 e. The lowest BCUT2D eigenvalue weighted by Crippen LogP contribution is -2.20. The Morgan fingerprint density at radius 3 is 2.35 bits per heavy atom. The maximum atomic E-state index is 13.5. The molecule has 0 radical (unpaired) electrons. The van der Waals surface area contributed by atoms with Gasteiger partial charge in [-0.1, -0.05) is 75.9 Å². The van der Waals surface area contributed by atoms with Crippen LogP contribution in [0.2, 0.25) is 0 Å². The van der Waals surface area contributed by atoms with Crippen LogP contribution in [0.3, 0.4) is 0 Å². The zero-order valence-corrected chi connectivity index (χ0v) is 28.6. The summed E-state index contributed by atoms with van der Waals surface area (Å²) in [5.74, 6) is 1.80. The molecule has 0 aromatic carbocycles. The van der Waals surface area contributed by atoms with Gasteiger partial charge in [-0.25, -0.2) is 19.7 Å². The van der Waals surface area contributed by atoms with Gasteiger partial charge in [0.05, 0.1) is 31.7 Å². The van der Waals surface area contributed by atoms with Gasteiger partial charge in [-0.3, -0.25) is 9.09 Å². The Morgan fingerprint density at radius 1 is 1.00 bits per heavy atom. The van der Waals surface area contributed by atoms with Crippen LogP contribution >= 0.6 is 7.60 Å². The van der Waals surface area contributed by atoms with Gasteiger partial charge in [0.2, 0.25) is 6.79 Å². The van der Waals surface area contributed by atoms with Crippen molar-refractivity contribution in [1.82, 2.24) is 19.5 Å². The molecule has 0 bridgehead atoms. The molecule has 2 N–H and O–H groups in total. The number of fused-ring (bicyclic) bond motifs is 1. The number of nitrogens with zero attached hydrogens (tertiary/aromatic N) is 4. The van der Waals surface area contributed by atoms with Crippen LogP contribution < -0.4 is 5.73 Å². The topological polar surface area (TPSA) is 150 Å². The molecule has 0 spiro atoms. The predicted molar refractivity (Wildman–Crippen MR) is 174 cm³/mol. The number of hydrogen-bond acceptors (Lipinski definition) is 12. The van der Waals surface area contributed by atoms with Crippen LogP contribution in [0.5, 0.6) is 0 Å². The first kappa shape index (κ1) is 37.5. The molecule has 246 valence electrons. The number of rotatable bonds is 24. The van der Waals surface area contributed by atoms with Gasteiger partial charge in [0, 0.05) is 5.75 Å². The van der Waals surface area contributed by atoms with Gasteiger partial charge in [0.25, 0.3) is 0 Å². The van der Waals surface area contributed by atoms with Crippen molar-refractivity contribution in [3.63, 3.8) is 0 Å². The molecular formula is C28H50N5O7PS2. The molecule has 0 saturated heterocycles. The van der Waals surface area contributed by atoms with Gasteiger partial charge >= 0.3 is 13.8 Å². The molecule has 2 rings (SSSR count). The number of imidazole rings is 1. The molecule has 2 unspecified atom stereocenters. The van der Waals surface area contributed by atoms with E-state index >= 15 is 0 Å². The first-order valence-corrected chi connectivity index (χ1v) is 19.4. The molecule has 43 heavy (non-hydrogen) atoms. The molecule has 0 aliphatic heterocycles. The van der Waals surface area contributed by atoms with E-state index in [2.05, 4.69) is 21.9 Å². The molecule has 0 saturated carbocycles. The van der Waals surface area contributed by atoms with E-state index in [-0.39, 0.29) is 34.3 Å². The van der Waals surface area contributed by atoms with Crippen molar-refractivity contribution in [2.24, 2.45) is 0 Å². The van der Waals surface area contributed by atoms with Gasteiger partial charge in [0.15, 0.2) is 11.5 Å². The number of ether oxygens (including phenoxy) is 3. The Balaban J connectivity index is 1.78. The van der Waals surface area contributed by atoms with E-state index in [9.17, 15) is 9.36 Å². The summed E-state index contributed by atoms with van der Waals surface area (Å²) in [6, 6.07) is 0. The fraction of sp³-hybridized carbons (Fsp3) is 0.786. The quantitative estimate of drug-likeness (QED) is 0.0564. The van der Waals surface area contributed by atoms with Crippen molar-refractivity contribution in [2.75, 3.05) is 37.0 Å². The molecular weight excluding hydrogens is 613 g/mol. The molecule has 0 amide bonds. The summed E-state index contributed by atoms with van der Waals surface area (Å²) < 4.78 is 42.0. The van der Waals surface area contributed by atoms with Crippen LogP contribution in [0.15, 0.2) is 12.7 Å². The van der Waals surface area contributed by atoms with Gasteiger partial charge in [-0.15, -0.1) is 9.45 Å². The summed E-state index contributed by atoms with van der Waals surface area (Å²) in [6.45, 7) is 7.35. The third kappa shape index (κ3) is 15.7. The van der Waals surface area contributed by atoms with Crippen LogP contribution in [-0.4, -0.2) is 69.1 Å². The van der Waals surface area contributed by atoms with E-state index in [4.69, 9.17) is 40.2 Å². The fourth-order valence-corrected chi connectivity index (χ4v) is 7.12. The molecule has 2 aromatic rings. The second kappa shape index (κ2) is 21.1. The first-order valence-electron chi connectivity index (χ1n) is 15.2. The van der Waals surface area contributed by atoms with Crippen LogP contribution in [0, 0.1) is 0 Å². The molecule has 12 nitrogen and oxygen atoms in total. The lowest BCUT2D eigenvalue weighted by atomic mass is 10.1. The lowest BCUT2D eigenvalue weighted by molar-refractivity contribution is -0.0177. The van der Waals surface area contributed by atoms with Crippen molar-refractivity contribution in [1.29, 1.82) is 0 Å². The Labute approximate surface area is 263 Å². The van der Waals surface area contributed by atoms with Crippen molar-refractivity contribution in [3.8, 4) is 0 Å². The van der Waals surface area contributed by atoms with Gasteiger partial charge in [-0.05, 0) is 32.9 Å². The van der Waals surface area contributed by atoms with Crippen LogP contribution in [0.4, 0.5) is 10.6 Å². The van der Waals surface area contributed by atoms with E-state index in [0.717, 1.165) is 12.2 Å². The Morgan fingerprint density at radius 2 is 1.67 bits per heavy atom. The summed E-state index contributed by atoms with van der Waals surface area (Å²) in [7, 11) is -4.07. The molecule has 15 heteroatoms. The van der Waals surface area contributed by atoms with E-state index < -0.39 is 26.6 Å². The van der Waals surface area contributed by atoms with Gasteiger partial charge in [0.1, 0.15) is 18.2 Å². The normalized spacial score (nSPS) is 14.5. The molecule has 0 aliphatic rings. The zero-order valence-electron chi connectivity index (χ0n) is 26.1. The summed E-state index contributed by atoms with van der Waals surface area (Å²) in [4.78, 5) is 24.2. The van der Waals surface area contributed by atoms with E-state index in [1.54, 1.807) is 24.7 Å². The van der Waals surface area contributed by atoms with E-state index in [1.807, 2.05) is 6.92 Å². The molecule has 0 aliphatic carbocycles. The summed E-state index contributed by atoms with van der Waals surface area (Å²) in [6.07, 6.45) is 13.7. The summed E-state index contributed by atoms with van der Waals surface area (Å²) >= 11 is 5.64. The highest BCUT2D eigenvalue weighted by atomic mass is 32.8. The fourth-order valence-electron chi connectivity index (χ4n) is 4.20. The largest absolute Gasteiger partial charge is 0.510 e. The number of aromatic nitrogens is 4. The first-order chi connectivity index (χ1) is 20.6. The summed E-state index contributed by atoms with van der Waals surface area (Å²) in [5.41, 5.74) is 6.93. The minimum Gasteiger partial charge on any atom is -0.432 e. The molecule has 3 atom stereocenters. The summed E-state index contributed by atoms with van der Waals surface area (Å²) in [5, 5.41) is 0. The molecule has 0 fully saturated rings. The number of carbonyl (C=O) groups excluding carboxylic acids is 1. The van der Waals surface area contributed by atoms with Gasteiger partial charge in [-0.2, -0.15) is 0 Å². The Hall–Kier alpha value is -1.70. The highest BCUT2D eigenvalue weighted by molar-refractivity contribution is 8.28. The highest BCUT2D eigenvalue weighted by Crippen LogP contribution is 2.48. The average Bonchev–Trinajstić information content (AvgIpc) is 3.36. The average molecular weight is 664 g/mol. The number of hydrogen-bond donors (Lipinski definition) is 1. The number of nitrogens with two attached hydrogens (primary N) is 1. The number of nitrogen functional groups attached to an aromatic ring is 1. The Kier molecular flexibility index (Phi) is 18.4. The third-order valence-electron chi connectivity index (χ3n) is 6.48. The van der Waals surface area contributed by atoms with Crippen LogP contribution in [0.25, 0.3) is 11.2 Å².